The van der Waals surface area contributed by atoms with Crippen LogP contribution in [-0.4, -0.2) is 28.1 Å². The third-order valence-electron chi connectivity index (χ3n) is 5.86. The Morgan fingerprint density at radius 2 is 1.70 bits per heavy atom. The molecule has 5 nitrogen and oxygen atoms in total. The number of hydrogen-bond donors (Lipinski definition) is 3. The van der Waals surface area contributed by atoms with Crippen LogP contribution in [0.1, 0.15) is 63.3 Å². The van der Waals surface area contributed by atoms with Gasteiger partial charge in [-0.15, -0.1) is 12.1 Å². The number of allylic oxidation sites excluding steroid dienone is 2. The van der Waals surface area contributed by atoms with Crippen LogP contribution in [0.3, 0.4) is 0 Å². The smallest absolute Gasteiger partial charge is 0.419 e. The number of benzene rings is 2. The molecule has 3 rings (SSSR count). The number of fused-ring (bicyclic) bond motifs is 1. The molecule has 3 aromatic rings. The molecule has 0 radical (unpaired) electrons. The summed E-state index contributed by atoms with van der Waals surface area (Å²) in [4.78, 5) is 5.87. The summed E-state index contributed by atoms with van der Waals surface area (Å²) in [5.41, 5.74) is 4.97. The molecule has 0 fully saturated rings. The van der Waals surface area contributed by atoms with Crippen molar-refractivity contribution < 1.29 is 41.4 Å². The number of phenolic OH excluding ortho intramolecular Hbond substituents is 1. The van der Waals surface area contributed by atoms with Gasteiger partial charge in [0.25, 0.3) is 0 Å². The maximum Gasteiger partial charge on any atom is 0.419 e. The van der Waals surface area contributed by atoms with Crippen LogP contribution in [-0.2, 0) is 17.6 Å². The highest BCUT2D eigenvalue weighted by Crippen LogP contribution is 2.38. The first-order chi connectivity index (χ1) is 18.7. The number of aromatic nitrogens is 1. The second kappa shape index (κ2) is 15.4. The first kappa shape index (κ1) is 34.6. The van der Waals surface area contributed by atoms with E-state index in [1.807, 2.05) is 50.4 Å². The topological polar surface area (TPSA) is 66.7 Å². The number of alkyl halides is 6. The minimum atomic E-state index is -4.67. The van der Waals surface area contributed by atoms with Crippen molar-refractivity contribution in [3.63, 3.8) is 0 Å². The number of aliphatic hydroxyl groups excluding tert-OH is 1. The Kier molecular flexibility index (Phi) is 13.3. The fourth-order valence-corrected chi connectivity index (χ4v) is 3.59. The summed E-state index contributed by atoms with van der Waals surface area (Å²) in [6.45, 7) is 11.2. The molecule has 1 aromatic heterocycles. The molecule has 0 saturated carbocycles. The van der Waals surface area contributed by atoms with E-state index in [1.54, 1.807) is 6.92 Å². The summed E-state index contributed by atoms with van der Waals surface area (Å²) in [5.74, 6) is -0.506. The zero-order valence-electron chi connectivity index (χ0n) is 23.1. The van der Waals surface area contributed by atoms with Crippen LogP contribution in [0.25, 0.3) is 16.7 Å². The monoisotopic (exact) mass is 574 g/mol. The highest BCUT2D eigenvalue weighted by molar-refractivity contribution is 5.84. The van der Waals surface area contributed by atoms with E-state index in [4.69, 9.17) is 9.94 Å². The standard InChI is InChI=1S/C25H27F3N2O2.C3H5F3.CH4O/c1-5-13-30-14-12-20-19(8-7-9-22(20)30)17(4)29-32-24(16(3)6-2)18-10-11-23(31)21(15-18)25(26,27)28;1-2-3(4,5)6;1-2/h5,7-12,14-15,17,29,31H,1,6,13H2,2-4H3;2H2,1H3;2H,1H3. The molecule has 1 unspecified atom stereocenters. The van der Waals surface area contributed by atoms with Gasteiger partial charge in [-0.05, 0) is 61.7 Å². The van der Waals surface area contributed by atoms with Crippen LogP contribution in [0.5, 0.6) is 5.75 Å². The lowest BCUT2D eigenvalue weighted by Crippen LogP contribution is -2.19. The van der Waals surface area contributed by atoms with Crippen molar-refractivity contribution in [1.29, 1.82) is 0 Å². The predicted octanol–water partition coefficient (Wildman–Crippen LogP) is 8.54. The third-order valence-corrected chi connectivity index (χ3v) is 5.86. The van der Waals surface area contributed by atoms with Crippen molar-refractivity contribution in [3.05, 3.63) is 83.6 Å². The molecule has 0 amide bonds. The van der Waals surface area contributed by atoms with E-state index < -0.39 is 30.1 Å². The molecule has 0 aliphatic rings. The van der Waals surface area contributed by atoms with Crippen molar-refractivity contribution >= 4 is 16.7 Å². The van der Waals surface area contributed by atoms with Gasteiger partial charge in [0.05, 0.1) is 11.6 Å². The Morgan fingerprint density at radius 3 is 2.23 bits per heavy atom. The molecule has 1 atom stereocenters. The molecule has 2 aromatic carbocycles. The number of hydrogen-bond acceptors (Lipinski definition) is 4. The zero-order chi connectivity index (χ0) is 30.7. The normalized spacial score (nSPS) is 12.9. The zero-order valence-corrected chi connectivity index (χ0v) is 23.1. The highest BCUT2D eigenvalue weighted by atomic mass is 19.4. The molecule has 0 spiro atoms. The summed E-state index contributed by atoms with van der Waals surface area (Å²) < 4.78 is 74.3. The fraction of sp³-hybridized carbons (Fsp3) is 0.379. The lowest BCUT2D eigenvalue weighted by atomic mass is 10.0. The quantitative estimate of drug-likeness (QED) is 0.109. The number of hydroxylamine groups is 1. The summed E-state index contributed by atoms with van der Waals surface area (Å²) in [7, 11) is 1.00. The van der Waals surface area contributed by atoms with E-state index in [9.17, 15) is 31.4 Å². The number of halogens is 6. The number of nitrogens with zero attached hydrogens (tertiary/aromatic N) is 1. The molecule has 3 N–H and O–H groups in total. The second-order valence-corrected chi connectivity index (χ2v) is 8.64. The van der Waals surface area contributed by atoms with Gasteiger partial charge in [-0.2, -0.15) is 26.3 Å². The summed E-state index contributed by atoms with van der Waals surface area (Å²) in [6.07, 6.45) is -4.94. The van der Waals surface area contributed by atoms with E-state index >= 15 is 0 Å². The van der Waals surface area contributed by atoms with E-state index in [0.717, 1.165) is 48.2 Å². The summed E-state index contributed by atoms with van der Waals surface area (Å²) in [6, 6.07) is 11.1. The summed E-state index contributed by atoms with van der Waals surface area (Å²) >= 11 is 0. The molecule has 40 heavy (non-hydrogen) atoms. The van der Waals surface area contributed by atoms with Gasteiger partial charge in [0.15, 0.2) is 5.76 Å². The van der Waals surface area contributed by atoms with Crippen LogP contribution in [0.15, 0.2) is 66.9 Å². The SMILES string of the molecule is C=CCn1ccc2c(C(C)NOC(=C(C)CC)c3ccc(O)c(C(F)(F)F)c3)cccc21.CCC(F)(F)F.CO. The van der Waals surface area contributed by atoms with Gasteiger partial charge in [-0.1, -0.05) is 32.1 Å². The Morgan fingerprint density at radius 1 is 1.07 bits per heavy atom. The van der Waals surface area contributed by atoms with Gasteiger partial charge in [0.2, 0.25) is 0 Å². The first-order valence-electron chi connectivity index (χ1n) is 12.5. The average Bonchev–Trinajstić information content (AvgIpc) is 3.33. The molecule has 0 bridgehead atoms. The van der Waals surface area contributed by atoms with E-state index in [0.29, 0.717) is 18.7 Å². The highest BCUT2D eigenvalue weighted by Gasteiger charge is 2.34. The van der Waals surface area contributed by atoms with Crippen molar-refractivity contribution in [3.8, 4) is 5.75 Å². The maximum absolute atomic E-state index is 13.3. The fourth-order valence-electron chi connectivity index (χ4n) is 3.59. The van der Waals surface area contributed by atoms with Crippen molar-refractivity contribution in [2.45, 2.75) is 65.5 Å². The van der Waals surface area contributed by atoms with E-state index in [2.05, 4.69) is 16.6 Å². The van der Waals surface area contributed by atoms with Crippen molar-refractivity contribution in [1.82, 2.24) is 10.0 Å². The molecule has 1 heterocycles. The van der Waals surface area contributed by atoms with E-state index in [-0.39, 0.29) is 11.6 Å². The van der Waals surface area contributed by atoms with Crippen LogP contribution in [0.4, 0.5) is 26.3 Å². The number of rotatable bonds is 8. The average molecular weight is 575 g/mol. The van der Waals surface area contributed by atoms with Gasteiger partial charge < -0.3 is 19.6 Å². The number of nitrogens with one attached hydrogen (secondary N) is 1. The van der Waals surface area contributed by atoms with Gasteiger partial charge in [0, 0.05) is 42.7 Å². The molecule has 0 aliphatic heterocycles. The van der Waals surface area contributed by atoms with Crippen molar-refractivity contribution in [2.24, 2.45) is 0 Å². The Labute approximate surface area is 230 Å². The Hall–Kier alpha value is -3.44. The molecular formula is C29H36F6N2O3. The summed E-state index contributed by atoms with van der Waals surface area (Å²) in [5, 5.41) is 17.7. The minimum absolute atomic E-state index is 0.239. The number of aliphatic hydroxyl groups is 1. The second-order valence-electron chi connectivity index (χ2n) is 8.64. The molecular weight excluding hydrogens is 538 g/mol. The van der Waals surface area contributed by atoms with Crippen LogP contribution >= 0.6 is 0 Å². The van der Waals surface area contributed by atoms with E-state index in [1.165, 1.54) is 6.07 Å². The van der Waals surface area contributed by atoms with Crippen LogP contribution in [0, 0.1) is 0 Å². The number of aromatic hydroxyl groups is 1. The van der Waals surface area contributed by atoms with Crippen LogP contribution < -0.4 is 5.48 Å². The van der Waals surface area contributed by atoms with Crippen molar-refractivity contribution in [2.75, 3.05) is 7.11 Å². The minimum Gasteiger partial charge on any atom is -0.507 e. The first-order valence-corrected chi connectivity index (χ1v) is 12.5. The maximum atomic E-state index is 13.3. The Balaban J connectivity index is 0.000000885. The molecule has 0 aliphatic carbocycles. The molecule has 11 heteroatoms. The lowest BCUT2D eigenvalue weighted by Gasteiger charge is -2.20. The van der Waals surface area contributed by atoms with Gasteiger partial charge in [0.1, 0.15) is 5.75 Å². The third kappa shape index (κ3) is 9.63. The van der Waals surface area contributed by atoms with Gasteiger partial charge in [-0.3, -0.25) is 0 Å². The van der Waals surface area contributed by atoms with Gasteiger partial charge >= 0.3 is 12.4 Å². The number of phenols is 1. The molecule has 222 valence electrons. The Bertz CT molecular complexity index is 1260. The predicted molar refractivity (Wildman–Crippen MR) is 145 cm³/mol. The molecule has 0 saturated heterocycles. The van der Waals surface area contributed by atoms with Gasteiger partial charge in [-0.25, -0.2) is 0 Å². The largest absolute Gasteiger partial charge is 0.507 e. The van der Waals surface area contributed by atoms with Crippen LogP contribution in [0.2, 0.25) is 0 Å². The lowest BCUT2D eigenvalue weighted by molar-refractivity contribution is -0.138.